The molecule has 5 heteroatoms. The van der Waals surface area contributed by atoms with Gasteiger partial charge in [0, 0.05) is 6.42 Å². The van der Waals surface area contributed by atoms with Gasteiger partial charge >= 0.3 is 5.97 Å². The highest BCUT2D eigenvalue weighted by molar-refractivity contribution is 5.80. The first-order valence-corrected chi connectivity index (χ1v) is 5.42. The molecule has 0 radical (unpaired) electrons. The van der Waals surface area contributed by atoms with Crippen LogP contribution in [0.1, 0.15) is 6.42 Å². The fraction of sp³-hybridized carbons (Fsp3) is 0.154. The Morgan fingerprint density at radius 2 is 1.94 bits per heavy atom. The molecule has 0 aromatic heterocycles. The Kier molecular flexibility index (Phi) is 3.34. The fourth-order valence-corrected chi connectivity index (χ4v) is 1.46. The van der Waals surface area contributed by atoms with Crippen molar-refractivity contribution >= 4 is 11.7 Å². The second kappa shape index (κ2) is 4.93. The molecule has 1 atom stereocenters. The van der Waals surface area contributed by atoms with Crippen molar-refractivity contribution in [1.29, 1.82) is 0 Å². The molecule has 1 aromatic rings. The summed E-state index contributed by atoms with van der Waals surface area (Å²) in [7, 11) is 0. The largest absolute Gasteiger partial charge is 0.479 e. The van der Waals surface area contributed by atoms with Crippen LogP contribution in [0.25, 0.3) is 0 Å². The van der Waals surface area contributed by atoms with Crippen molar-refractivity contribution < 1.29 is 15.0 Å². The van der Waals surface area contributed by atoms with Gasteiger partial charge in [-0.2, -0.15) is 10.2 Å². The van der Waals surface area contributed by atoms with Gasteiger partial charge in [-0.05, 0) is 24.3 Å². The van der Waals surface area contributed by atoms with Crippen LogP contribution in [0.3, 0.4) is 0 Å². The van der Waals surface area contributed by atoms with E-state index in [-0.39, 0.29) is 6.42 Å². The number of carboxylic acids is 1. The summed E-state index contributed by atoms with van der Waals surface area (Å²) in [6, 6.07) is 9.20. The van der Waals surface area contributed by atoms with Crippen LogP contribution in [0.4, 0.5) is 5.69 Å². The molecule has 0 aliphatic heterocycles. The molecule has 1 aromatic carbocycles. The highest BCUT2D eigenvalue weighted by atomic mass is 16.4. The lowest BCUT2D eigenvalue weighted by atomic mass is 9.95. The number of allylic oxidation sites excluding steroid dienone is 1. The summed E-state index contributed by atoms with van der Waals surface area (Å²) in [5.74, 6) is -1.27. The number of benzene rings is 1. The van der Waals surface area contributed by atoms with Crippen molar-refractivity contribution in [3.05, 3.63) is 54.3 Å². The van der Waals surface area contributed by atoms with E-state index in [9.17, 15) is 9.90 Å². The van der Waals surface area contributed by atoms with Gasteiger partial charge in [0.15, 0.2) is 5.60 Å². The molecule has 5 nitrogen and oxygen atoms in total. The molecule has 0 heterocycles. The van der Waals surface area contributed by atoms with Crippen molar-refractivity contribution in [3.8, 4) is 0 Å². The molecule has 0 spiro atoms. The number of azo groups is 1. The lowest BCUT2D eigenvalue weighted by molar-refractivity contribution is -0.153. The normalized spacial score (nSPS) is 23.1. The third-order valence-corrected chi connectivity index (χ3v) is 2.56. The highest BCUT2D eigenvalue weighted by Crippen LogP contribution is 2.23. The van der Waals surface area contributed by atoms with E-state index in [1.807, 2.05) is 30.3 Å². The van der Waals surface area contributed by atoms with E-state index in [0.29, 0.717) is 11.4 Å². The van der Waals surface area contributed by atoms with Crippen molar-refractivity contribution in [2.75, 3.05) is 0 Å². The van der Waals surface area contributed by atoms with Crippen LogP contribution in [0, 0.1) is 0 Å². The Labute approximate surface area is 104 Å². The number of hydrogen-bond acceptors (Lipinski definition) is 4. The first kappa shape index (κ1) is 12.2. The molecular formula is C13H12N2O3. The molecule has 2 N–H and O–H groups in total. The van der Waals surface area contributed by atoms with Gasteiger partial charge in [-0.25, -0.2) is 4.79 Å². The molecule has 0 fully saturated rings. The molecule has 18 heavy (non-hydrogen) atoms. The summed E-state index contributed by atoms with van der Waals surface area (Å²) in [5, 5.41) is 26.4. The van der Waals surface area contributed by atoms with Crippen LogP contribution in [-0.4, -0.2) is 21.8 Å². The Hall–Kier alpha value is -2.27. The Bertz CT molecular complexity index is 534. The van der Waals surface area contributed by atoms with Crippen molar-refractivity contribution in [3.63, 3.8) is 0 Å². The van der Waals surface area contributed by atoms with E-state index in [1.54, 1.807) is 6.08 Å². The first-order valence-electron chi connectivity index (χ1n) is 5.42. The predicted octanol–water partition coefficient (Wildman–Crippen LogP) is 2.43. The minimum Gasteiger partial charge on any atom is -0.479 e. The number of carbonyl (C=O) groups is 1. The second-order valence-corrected chi connectivity index (χ2v) is 3.93. The summed E-state index contributed by atoms with van der Waals surface area (Å²) < 4.78 is 0. The Morgan fingerprint density at radius 1 is 1.22 bits per heavy atom. The maximum Gasteiger partial charge on any atom is 0.340 e. The average Bonchev–Trinajstić information content (AvgIpc) is 2.39. The van der Waals surface area contributed by atoms with Gasteiger partial charge in [0.2, 0.25) is 0 Å². The van der Waals surface area contributed by atoms with Gasteiger partial charge < -0.3 is 10.2 Å². The molecule has 1 unspecified atom stereocenters. The van der Waals surface area contributed by atoms with Crippen LogP contribution in [0.5, 0.6) is 0 Å². The van der Waals surface area contributed by atoms with Crippen molar-refractivity contribution in [2.45, 2.75) is 12.0 Å². The first-order chi connectivity index (χ1) is 8.60. The van der Waals surface area contributed by atoms with E-state index in [2.05, 4.69) is 10.2 Å². The average molecular weight is 244 g/mol. The summed E-state index contributed by atoms with van der Waals surface area (Å²) in [6.07, 6.45) is 4.20. The molecule has 0 bridgehead atoms. The molecule has 0 amide bonds. The van der Waals surface area contributed by atoms with Gasteiger partial charge in [-0.1, -0.05) is 24.3 Å². The third kappa shape index (κ3) is 2.70. The summed E-state index contributed by atoms with van der Waals surface area (Å²) in [5.41, 5.74) is -0.582. The number of carboxylic acid groups (broad SMARTS) is 1. The lowest BCUT2D eigenvalue weighted by Gasteiger charge is -2.20. The molecule has 0 saturated heterocycles. The topological polar surface area (TPSA) is 82.2 Å². The minimum absolute atomic E-state index is 0.0119. The quantitative estimate of drug-likeness (QED) is 0.801. The van der Waals surface area contributed by atoms with Crippen LogP contribution in [0.2, 0.25) is 0 Å². The SMILES string of the molecule is O=C(O)C1(O)C=CC(N=Nc2ccccc2)=CC1. The van der Waals surface area contributed by atoms with Crippen molar-refractivity contribution in [1.82, 2.24) is 0 Å². The van der Waals surface area contributed by atoms with E-state index < -0.39 is 11.6 Å². The van der Waals surface area contributed by atoms with Crippen LogP contribution >= 0.6 is 0 Å². The molecule has 0 saturated carbocycles. The molecule has 2 rings (SSSR count). The number of nitrogens with zero attached hydrogens (tertiary/aromatic N) is 2. The van der Waals surface area contributed by atoms with Crippen molar-refractivity contribution in [2.24, 2.45) is 10.2 Å². The van der Waals surface area contributed by atoms with E-state index in [4.69, 9.17) is 5.11 Å². The maximum absolute atomic E-state index is 10.8. The summed E-state index contributed by atoms with van der Waals surface area (Å²) >= 11 is 0. The molecule has 1 aliphatic rings. The number of hydrogen-bond donors (Lipinski definition) is 2. The van der Waals surface area contributed by atoms with E-state index in [1.165, 1.54) is 12.2 Å². The standard InChI is InChI=1S/C13H12N2O3/c16-12(17)13(18)8-6-11(7-9-13)15-14-10-4-2-1-3-5-10/h1-8,18H,9H2,(H,16,17). The van der Waals surface area contributed by atoms with Crippen LogP contribution in [-0.2, 0) is 4.79 Å². The monoisotopic (exact) mass is 244 g/mol. The van der Waals surface area contributed by atoms with Gasteiger partial charge in [0.1, 0.15) is 0 Å². The van der Waals surface area contributed by atoms with E-state index in [0.717, 1.165) is 0 Å². The number of aliphatic carboxylic acids is 1. The number of aliphatic hydroxyl groups is 1. The Balaban J connectivity index is 2.07. The smallest absolute Gasteiger partial charge is 0.340 e. The summed E-state index contributed by atoms with van der Waals surface area (Å²) in [6.45, 7) is 0. The maximum atomic E-state index is 10.8. The fourth-order valence-electron chi connectivity index (χ4n) is 1.46. The molecular weight excluding hydrogens is 232 g/mol. The van der Waals surface area contributed by atoms with E-state index >= 15 is 0 Å². The lowest BCUT2D eigenvalue weighted by Crippen LogP contribution is -2.36. The zero-order valence-electron chi connectivity index (χ0n) is 9.52. The van der Waals surface area contributed by atoms with Gasteiger partial charge in [0.05, 0.1) is 11.4 Å². The van der Waals surface area contributed by atoms with Crippen LogP contribution in [0.15, 0.2) is 64.5 Å². The highest BCUT2D eigenvalue weighted by Gasteiger charge is 2.33. The molecule has 1 aliphatic carbocycles. The van der Waals surface area contributed by atoms with Gasteiger partial charge in [-0.15, -0.1) is 0 Å². The second-order valence-electron chi connectivity index (χ2n) is 3.93. The van der Waals surface area contributed by atoms with Crippen LogP contribution < -0.4 is 0 Å². The van der Waals surface area contributed by atoms with Gasteiger partial charge in [-0.3, -0.25) is 0 Å². The third-order valence-electron chi connectivity index (χ3n) is 2.56. The summed E-state index contributed by atoms with van der Waals surface area (Å²) in [4.78, 5) is 10.8. The molecule has 92 valence electrons. The zero-order valence-corrected chi connectivity index (χ0v) is 9.52. The number of rotatable bonds is 3. The minimum atomic E-state index is -1.83. The Morgan fingerprint density at radius 3 is 2.50 bits per heavy atom. The zero-order chi connectivity index (χ0) is 13.0. The predicted molar refractivity (Wildman–Crippen MR) is 65.4 cm³/mol. The van der Waals surface area contributed by atoms with Gasteiger partial charge in [0.25, 0.3) is 0 Å².